The van der Waals surface area contributed by atoms with Crippen LogP contribution in [0.2, 0.25) is 5.02 Å². The Hall–Kier alpha value is -1.92. The Morgan fingerprint density at radius 1 is 1.29 bits per heavy atom. The monoisotopic (exact) mass is 309 g/mol. The summed E-state index contributed by atoms with van der Waals surface area (Å²) < 4.78 is 13.1. The van der Waals surface area contributed by atoms with Crippen molar-refractivity contribution in [1.82, 2.24) is 9.97 Å². The number of aryl methyl sites for hydroxylation is 1. The van der Waals surface area contributed by atoms with Gasteiger partial charge in [0, 0.05) is 12.0 Å². The number of hydrogen-bond acceptors (Lipinski definition) is 5. The van der Waals surface area contributed by atoms with E-state index in [2.05, 4.69) is 20.7 Å². The smallest absolute Gasteiger partial charge is 0.148 e. The average molecular weight is 310 g/mol. The van der Waals surface area contributed by atoms with Gasteiger partial charge >= 0.3 is 0 Å². The van der Waals surface area contributed by atoms with Crippen LogP contribution in [-0.2, 0) is 6.42 Å². The van der Waals surface area contributed by atoms with Crippen LogP contribution in [0.15, 0.2) is 18.2 Å². The van der Waals surface area contributed by atoms with Crippen LogP contribution < -0.4 is 16.6 Å². The van der Waals surface area contributed by atoms with Gasteiger partial charge in [0.05, 0.1) is 10.7 Å². The van der Waals surface area contributed by atoms with E-state index in [1.54, 1.807) is 6.07 Å². The van der Waals surface area contributed by atoms with Gasteiger partial charge in [-0.25, -0.2) is 20.2 Å². The summed E-state index contributed by atoms with van der Waals surface area (Å²) in [6, 6.07) is 4.14. The van der Waals surface area contributed by atoms with Crippen molar-refractivity contribution < 1.29 is 4.39 Å². The van der Waals surface area contributed by atoms with Gasteiger partial charge in [-0.15, -0.1) is 0 Å². The summed E-state index contributed by atoms with van der Waals surface area (Å²) in [6.07, 6.45) is 1.66. The molecular weight excluding hydrogens is 293 g/mol. The zero-order valence-corrected chi connectivity index (χ0v) is 12.6. The number of aromatic nitrogens is 2. The molecule has 1 aromatic heterocycles. The van der Waals surface area contributed by atoms with Gasteiger partial charge in [0.15, 0.2) is 0 Å². The molecule has 2 rings (SSSR count). The second kappa shape index (κ2) is 6.69. The van der Waals surface area contributed by atoms with Crippen molar-refractivity contribution in [3.63, 3.8) is 0 Å². The molecule has 4 N–H and O–H groups in total. The third kappa shape index (κ3) is 3.59. The maximum absolute atomic E-state index is 13.1. The highest BCUT2D eigenvalue weighted by Crippen LogP contribution is 2.28. The number of rotatable bonds is 5. The van der Waals surface area contributed by atoms with Crippen molar-refractivity contribution >= 4 is 28.9 Å². The van der Waals surface area contributed by atoms with Crippen LogP contribution in [0, 0.1) is 12.7 Å². The molecule has 7 heteroatoms. The highest BCUT2D eigenvalue weighted by atomic mass is 35.5. The Bertz CT molecular complexity index is 648. The molecule has 0 fully saturated rings. The average Bonchev–Trinajstić information content (AvgIpc) is 2.45. The first-order valence-corrected chi connectivity index (χ1v) is 6.99. The van der Waals surface area contributed by atoms with Gasteiger partial charge < -0.3 is 10.7 Å². The third-order valence-electron chi connectivity index (χ3n) is 2.99. The predicted molar refractivity (Wildman–Crippen MR) is 83.3 cm³/mol. The van der Waals surface area contributed by atoms with Crippen LogP contribution in [0.1, 0.15) is 24.7 Å². The molecule has 112 valence electrons. The van der Waals surface area contributed by atoms with Crippen LogP contribution in [0.5, 0.6) is 0 Å². The molecule has 0 saturated heterocycles. The van der Waals surface area contributed by atoms with Crippen molar-refractivity contribution in [3.8, 4) is 0 Å². The molecule has 5 nitrogen and oxygen atoms in total. The van der Waals surface area contributed by atoms with E-state index in [9.17, 15) is 4.39 Å². The number of nitrogens with zero attached hydrogens (tertiary/aromatic N) is 2. The summed E-state index contributed by atoms with van der Waals surface area (Å²) in [7, 11) is 0. The van der Waals surface area contributed by atoms with E-state index in [1.165, 1.54) is 12.1 Å². The standard InChI is InChI=1S/C14H17ClFN5/c1-3-4-12-19-13(8(2)14(20-12)21-17)18-11-6-5-9(16)7-10(11)15/h5-7H,3-4,17H2,1-2H3,(H2,18,19,20,21). The molecular formula is C14H17ClFN5. The van der Waals surface area contributed by atoms with Crippen LogP contribution in [-0.4, -0.2) is 9.97 Å². The Balaban J connectivity index is 2.40. The van der Waals surface area contributed by atoms with Crippen LogP contribution in [0.25, 0.3) is 0 Å². The summed E-state index contributed by atoms with van der Waals surface area (Å²) in [5.41, 5.74) is 3.90. The molecule has 0 saturated carbocycles. The number of halogens is 2. The van der Waals surface area contributed by atoms with Crippen molar-refractivity contribution in [2.75, 3.05) is 10.7 Å². The van der Waals surface area contributed by atoms with Gasteiger partial charge in [-0.1, -0.05) is 18.5 Å². The van der Waals surface area contributed by atoms with E-state index in [0.717, 1.165) is 18.4 Å². The number of hydrazine groups is 1. The molecule has 0 aliphatic rings. The lowest BCUT2D eigenvalue weighted by molar-refractivity contribution is 0.628. The first-order chi connectivity index (χ1) is 10.0. The van der Waals surface area contributed by atoms with E-state index in [0.29, 0.717) is 23.1 Å². The summed E-state index contributed by atoms with van der Waals surface area (Å²) in [5, 5.41) is 3.38. The highest BCUT2D eigenvalue weighted by molar-refractivity contribution is 6.33. The molecule has 1 aromatic carbocycles. The fourth-order valence-electron chi connectivity index (χ4n) is 1.88. The fourth-order valence-corrected chi connectivity index (χ4v) is 2.09. The van der Waals surface area contributed by atoms with E-state index in [-0.39, 0.29) is 10.8 Å². The molecule has 0 aliphatic heterocycles. The van der Waals surface area contributed by atoms with Gasteiger partial charge in [0.2, 0.25) is 0 Å². The van der Waals surface area contributed by atoms with Gasteiger partial charge in [-0.3, -0.25) is 0 Å². The minimum atomic E-state index is -0.388. The van der Waals surface area contributed by atoms with E-state index < -0.39 is 0 Å². The number of nitrogens with two attached hydrogens (primary N) is 1. The first-order valence-electron chi connectivity index (χ1n) is 6.61. The van der Waals surface area contributed by atoms with Crippen molar-refractivity contribution in [2.45, 2.75) is 26.7 Å². The third-order valence-corrected chi connectivity index (χ3v) is 3.30. The first kappa shape index (κ1) is 15.5. The molecule has 0 unspecified atom stereocenters. The van der Waals surface area contributed by atoms with Crippen molar-refractivity contribution in [3.05, 3.63) is 40.4 Å². The largest absolute Gasteiger partial charge is 0.339 e. The molecule has 0 atom stereocenters. The Morgan fingerprint density at radius 2 is 2.00 bits per heavy atom. The minimum absolute atomic E-state index is 0.285. The van der Waals surface area contributed by atoms with Crippen LogP contribution >= 0.6 is 11.6 Å². The van der Waals surface area contributed by atoms with Gasteiger partial charge in [0.25, 0.3) is 0 Å². The number of benzene rings is 1. The molecule has 0 spiro atoms. The zero-order chi connectivity index (χ0) is 15.4. The maximum Gasteiger partial charge on any atom is 0.148 e. The summed E-state index contributed by atoms with van der Waals surface area (Å²) in [5.74, 6) is 6.92. The maximum atomic E-state index is 13.1. The Morgan fingerprint density at radius 3 is 2.62 bits per heavy atom. The second-order valence-corrected chi connectivity index (χ2v) is 5.01. The molecule has 0 amide bonds. The van der Waals surface area contributed by atoms with Crippen LogP contribution in [0.3, 0.4) is 0 Å². The quantitative estimate of drug-likeness (QED) is 0.581. The molecule has 1 heterocycles. The zero-order valence-electron chi connectivity index (χ0n) is 11.9. The molecule has 0 aliphatic carbocycles. The molecule has 0 bridgehead atoms. The summed E-state index contributed by atoms with van der Waals surface area (Å²) in [6.45, 7) is 3.88. The molecule has 2 aromatic rings. The van der Waals surface area contributed by atoms with Gasteiger partial charge in [0.1, 0.15) is 23.3 Å². The molecule has 0 radical (unpaired) electrons. The summed E-state index contributed by atoms with van der Waals surface area (Å²) >= 11 is 6.02. The lowest BCUT2D eigenvalue weighted by Crippen LogP contribution is -2.14. The Labute approximate surface area is 127 Å². The van der Waals surface area contributed by atoms with Crippen molar-refractivity contribution in [2.24, 2.45) is 5.84 Å². The van der Waals surface area contributed by atoms with Crippen LogP contribution in [0.4, 0.5) is 21.7 Å². The van der Waals surface area contributed by atoms with E-state index in [1.807, 2.05) is 13.8 Å². The van der Waals surface area contributed by atoms with Crippen molar-refractivity contribution in [1.29, 1.82) is 0 Å². The Kier molecular flexibility index (Phi) is 4.93. The fraction of sp³-hybridized carbons (Fsp3) is 0.286. The topological polar surface area (TPSA) is 75.9 Å². The predicted octanol–water partition coefficient (Wildman–Crippen LogP) is 3.56. The minimum Gasteiger partial charge on any atom is -0.339 e. The van der Waals surface area contributed by atoms with Gasteiger partial charge in [-0.05, 0) is 31.5 Å². The van der Waals surface area contributed by atoms with Gasteiger partial charge in [-0.2, -0.15) is 0 Å². The lowest BCUT2D eigenvalue weighted by Gasteiger charge is -2.14. The number of anilines is 3. The normalized spacial score (nSPS) is 10.5. The summed E-state index contributed by atoms with van der Waals surface area (Å²) in [4.78, 5) is 8.80. The lowest BCUT2D eigenvalue weighted by atomic mass is 10.2. The highest BCUT2D eigenvalue weighted by Gasteiger charge is 2.11. The number of nitrogens with one attached hydrogen (secondary N) is 2. The molecule has 21 heavy (non-hydrogen) atoms. The SMILES string of the molecule is CCCc1nc(NN)c(C)c(Nc2ccc(F)cc2Cl)n1. The van der Waals surface area contributed by atoms with E-state index >= 15 is 0 Å². The second-order valence-electron chi connectivity index (χ2n) is 4.61. The number of nitrogen functional groups attached to an aromatic ring is 1. The number of hydrogen-bond donors (Lipinski definition) is 3. The van der Waals surface area contributed by atoms with E-state index in [4.69, 9.17) is 17.4 Å².